The van der Waals surface area contributed by atoms with E-state index < -0.39 is 0 Å². The molecule has 1 aromatic heterocycles. The summed E-state index contributed by atoms with van der Waals surface area (Å²) in [6, 6.07) is 8.77. The standard InChI is InChI=1S/C20H29N5S/c1-15(2)18-14-26-19(24-18)12-23-20(21-3)22-9-11-25-10-8-16-6-4-5-7-17(16)13-25/h4-7,14-15H,8-13H2,1-3H3,(H2,21,22,23). The van der Waals surface area contributed by atoms with Gasteiger partial charge in [0, 0.05) is 38.6 Å². The molecule has 3 rings (SSSR count). The van der Waals surface area contributed by atoms with E-state index in [1.54, 1.807) is 11.3 Å². The van der Waals surface area contributed by atoms with Gasteiger partial charge in [-0.15, -0.1) is 11.3 Å². The largest absolute Gasteiger partial charge is 0.355 e. The van der Waals surface area contributed by atoms with Gasteiger partial charge >= 0.3 is 0 Å². The van der Waals surface area contributed by atoms with Crippen LogP contribution in [0.4, 0.5) is 0 Å². The van der Waals surface area contributed by atoms with Crippen molar-refractivity contribution in [1.29, 1.82) is 0 Å². The van der Waals surface area contributed by atoms with Crippen LogP contribution in [0.15, 0.2) is 34.6 Å². The maximum atomic E-state index is 4.66. The van der Waals surface area contributed by atoms with Crippen LogP contribution in [0.3, 0.4) is 0 Å². The van der Waals surface area contributed by atoms with Crippen LogP contribution in [0.2, 0.25) is 0 Å². The Bertz CT molecular complexity index is 737. The molecular formula is C20H29N5S. The van der Waals surface area contributed by atoms with Gasteiger partial charge in [0.1, 0.15) is 5.01 Å². The lowest BCUT2D eigenvalue weighted by atomic mass is 10.00. The molecule has 1 aromatic carbocycles. The number of guanidine groups is 1. The molecule has 0 fully saturated rings. The summed E-state index contributed by atoms with van der Waals surface area (Å²) in [5.41, 5.74) is 4.13. The molecule has 0 spiro atoms. The molecule has 1 aliphatic rings. The van der Waals surface area contributed by atoms with Crippen LogP contribution in [-0.4, -0.2) is 42.5 Å². The summed E-state index contributed by atoms with van der Waals surface area (Å²) in [6.45, 7) is 9.13. The summed E-state index contributed by atoms with van der Waals surface area (Å²) >= 11 is 1.71. The summed E-state index contributed by atoms with van der Waals surface area (Å²) in [5, 5.41) is 10.0. The van der Waals surface area contributed by atoms with Crippen molar-refractivity contribution in [3.8, 4) is 0 Å². The maximum Gasteiger partial charge on any atom is 0.191 e. The Balaban J connectivity index is 1.40. The zero-order chi connectivity index (χ0) is 18.4. The average Bonchev–Trinajstić information content (AvgIpc) is 3.14. The lowest BCUT2D eigenvalue weighted by Crippen LogP contribution is -2.42. The van der Waals surface area contributed by atoms with Crippen molar-refractivity contribution in [2.45, 2.75) is 39.3 Å². The van der Waals surface area contributed by atoms with E-state index in [-0.39, 0.29) is 0 Å². The summed E-state index contributed by atoms with van der Waals surface area (Å²) in [6.07, 6.45) is 1.14. The van der Waals surface area contributed by atoms with Crippen LogP contribution >= 0.6 is 11.3 Å². The third-order valence-electron chi connectivity index (χ3n) is 4.72. The average molecular weight is 372 g/mol. The van der Waals surface area contributed by atoms with Gasteiger partial charge in [0.25, 0.3) is 0 Å². The van der Waals surface area contributed by atoms with Crippen LogP contribution in [0.1, 0.15) is 41.6 Å². The molecule has 0 bridgehead atoms. The van der Waals surface area contributed by atoms with Gasteiger partial charge < -0.3 is 10.6 Å². The minimum absolute atomic E-state index is 0.479. The first-order chi connectivity index (χ1) is 12.7. The Labute approximate surface area is 160 Å². The number of aliphatic imine (C=N–C) groups is 1. The Morgan fingerprint density at radius 2 is 2.08 bits per heavy atom. The monoisotopic (exact) mass is 371 g/mol. The van der Waals surface area contributed by atoms with Crippen LogP contribution in [0.5, 0.6) is 0 Å². The van der Waals surface area contributed by atoms with E-state index in [1.165, 1.54) is 16.8 Å². The van der Waals surface area contributed by atoms with Crippen molar-refractivity contribution in [1.82, 2.24) is 20.5 Å². The molecule has 5 nitrogen and oxygen atoms in total. The van der Waals surface area contributed by atoms with E-state index in [4.69, 9.17) is 0 Å². The number of thiazole rings is 1. The summed E-state index contributed by atoms with van der Waals surface area (Å²) in [5.74, 6) is 1.32. The molecule has 2 heterocycles. The number of nitrogens with one attached hydrogen (secondary N) is 2. The first kappa shape index (κ1) is 18.9. The fourth-order valence-corrected chi connectivity index (χ4v) is 4.02. The highest BCUT2D eigenvalue weighted by molar-refractivity contribution is 7.09. The van der Waals surface area contributed by atoms with Gasteiger partial charge in [-0.3, -0.25) is 9.89 Å². The summed E-state index contributed by atoms with van der Waals surface area (Å²) in [7, 11) is 1.81. The zero-order valence-electron chi connectivity index (χ0n) is 16.0. The van der Waals surface area contributed by atoms with Crippen molar-refractivity contribution >= 4 is 17.3 Å². The third kappa shape index (κ3) is 5.05. The SMILES string of the molecule is CN=C(NCCN1CCc2ccccc2C1)NCc1nc(C(C)C)cs1. The molecule has 0 saturated heterocycles. The predicted molar refractivity (Wildman–Crippen MR) is 110 cm³/mol. The molecule has 6 heteroatoms. The molecule has 0 saturated carbocycles. The van der Waals surface area contributed by atoms with Crippen LogP contribution < -0.4 is 10.6 Å². The van der Waals surface area contributed by atoms with Crippen LogP contribution in [-0.2, 0) is 19.5 Å². The molecule has 2 N–H and O–H groups in total. The second-order valence-electron chi connectivity index (χ2n) is 6.97. The van der Waals surface area contributed by atoms with E-state index in [0.717, 1.165) is 43.6 Å². The first-order valence-corrected chi connectivity index (χ1v) is 10.2. The quantitative estimate of drug-likeness (QED) is 0.605. The zero-order valence-corrected chi connectivity index (χ0v) is 16.8. The highest BCUT2D eigenvalue weighted by Crippen LogP contribution is 2.18. The Morgan fingerprint density at radius 1 is 1.27 bits per heavy atom. The van der Waals surface area contributed by atoms with E-state index in [9.17, 15) is 0 Å². The Morgan fingerprint density at radius 3 is 2.81 bits per heavy atom. The van der Waals surface area contributed by atoms with Gasteiger partial charge in [-0.2, -0.15) is 0 Å². The van der Waals surface area contributed by atoms with Gasteiger partial charge in [0.15, 0.2) is 5.96 Å². The smallest absolute Gasteiger partial charge is 0.191 e. The highest BCUT2D eigenvalue weighted by Gasteiger charge is 2.15. The molecule has 0 radical (unpaired) electrons. The molecule has 0 atom stereocenters. The lowest BCUT2D eigenvalue weighted by molar-refractivity contribution is 0.258. The fraction of sp³-hybridized carbons (Fsp3) is 0.500. The van der Waals surface area contributed by atoms with Gasteiger partial charge in [-0.05, 0) is 23.5 Å². The van der Waals surface area contributed by atoms with Crippen LogP contribution in [0.25, 0.3) is 0 Å². The van der Waals surface area contributed by atoms with Crippen molar-refractivity contribution in [3.63, 3.8) is 0 Å². The second-order valence-corrected chi connectivity index (χ2v) is 7.91. The number of hydrogen-bond donors (Lipinski definition) is 2. The summed E-state index contributed by atoms with van der Waals surface area (Å²) in [4.78, 5) is 11.5. The second kappa shape index (κ2) is 9.14. The minimum Gasteiger partial charge on any atom is -0.355 e. The predicted octanol–water partition coefficient (Wildman–Crippen LogP) is 2.99. The van der Waals surface area contributed by atoms with E-state index in [0.29, 0.717) is 12.5 Å². The number of aromatic nitrogens is 1. The number of hydrogen-bond acceptors (Lipinski definition) is 4. The molecule has 2 aromatic rings. The van der Waals surface area contributed by atoms with Gasteiger partial charge in [-0.1, -0.05) is 38.1 Å². The van der Waals surface area contributed by atoms with Crippen molar-refractivity contribution < 1.29 is 0 Å². The number of fused-ring (bicyclic) bond motifs is 1. The molecule has 0 unspecified atom stereocenters. The molecule has 26 heavy (non-hydrogen) atoms. The molecule has 0 amide bonds. The fourth-order valence-electron chi connectivity index (χ4n) is 3.13. The van der Waals surface area contributed by atoms with E-state index in [1.807, 2.05) is 7.05 Å². The normalized spacial score (nSPS) is 15.2. The molecule has 140 valence electrons. The topological polar surface area (TPSA) is 52.6 Å². The van der Waals surface area contributed by atoms with Crippen molar-refractivity contribution in [2.75, 3.05) is 26.7 Å². The van der Waals surface area contributed by atoms with Crippen molar-refractivity contribution in [3.05, 3.63) is 51.5 Å². The molecule has 0 aliphatic carbocycles. The number of nitrogens with zero attached hydrogens (tertiary/aromatic N) is 3. The van der Waals surface area contributed by atoms with Crippen LogP contribution in [0, 0.1) is 0 Å². The summed E-state index contributed by atoms with van der Waals surface area (Å²) < 4.78 is 0. The van der Waals surface area contributed by atoms with Gasteiger partial charge in [0.05, 0.1) is 12.2 Å². The molecular weight excluding hydrogens is 342 g/mol. The number of rotatable bonds is 6. The molecule has 1 aliphatic heterocycles. The van der Waals surface area contributed by atoms with Crippen molar-refractivity contribution in [2.24, 2.45) is 4.99 Å². The van der Waals surface area contributed by atoms with E-state index >= 15 is 0 Å². The highest BCUT2D eigenvalue weighted by atomic mass is 32.1. The third-order valence-corrected chi connectivity index (χ3v) is 5.59. The number of benzene rings is 1. The minimum atomic E-state index is 0.479. The Kier molecular flexibility index (Phi) is 6.63. The lowest BCUT2D eigenvalue weighted by Gasteiger charge is -2.28. The van der Waals surface area contributed by atoms with E-state index in [2.05, 4.69) is 69.0 Å². The maximum absolute atomic E-state index is 4.66. The Hall–Kier alpha value is -1.92. The first-order valence-electron chi connectivity index (χ1n) is 9.33. The van der Waals surface area contributed by atoms with Gasteiger partial charge in [-0.25, -0.2) is 4.98 Å². The van der Waals surface area contributed by atoms with Gasteiger partial charge in [0.2, 0.25) is 0 Å².